The fourth-order valence-corrected chi connectivity index (χ4v) is 7.88. The van der Waals surface area contributed by atoms with Crippen LogP contribution in [0.25, 0.3) is 0 Å². The van der Waals surface area contributed by atoms with Gasteiger partial charge in [0.25, 0.3) is 7.82 Å². The molecule has 0 heterocycles. The minimum atomic E-state index is -4.58. The molecular weight excluding hydrogens is 719 g/mol. The first-order valence-electron chi connectivity index (χ1n) is 24.1. The number of unbranched alkanes of at least 4 members (excludes halogenated alkanes) is 31. The Morgan fingerprint density at radius 2 is 0.964 bits per heavy atom. The number of aliphatic hydroxyl groups is 1. The van der Waals surface area contributed by atoms with Gasteiger partial charge in [0.1, 0.15) is 13.2 Å². The van der Waals surface area contributed by atoms with E-state index >= 15 is 0 Å². The molecule has 0 aromatic carbocycles. The third-order valence-electron chi connectivity index (χ3n) is 11.0. The number of phosphoric acid groups is 1. The Balaban J connectivity index is 4.33. The highest BCUT2D eigenvalue weighted by Crippen LogP contribution is 2.38. The highest BCUT2D eigenvalue weighted by atomic mass is 31.2. The van der Waals surface area contributed by atoms with Crippen molar-refractivity contribution in [3.8, 4) is 0 Å². The van der Waals surface area contributed by atoms with Gasteiger partial charge in [-0.1, -0.05) is 219 Å². The van der Waals surface area contributed by atoms with Crippen LogP contribution in [0.4, 0.5) is 0 Å². The van der Waals surface area contributed by atoms with Gasteiger partial charge in [0.2, 0.25) is 5.91 Å². The molecule has 0 aliphatic carbocycles. The van der Waals surface area contributed by atoms with Crippen LogP contribution >= 0.6 is 7.82 Å². The first-order valence-corrected chi connectivity index (χ1v) is 25.5. The van der Waals surface area contributed by atoms with E-state index in [1.54, 1.807) is 6.08 Å². The highest BCUT2D eigenvalue weighted by molar-refractivity contribution is 7.45. The van der Waals surface area contributed by atoms with Gasteiger partial charge in [0.05, 0.1) is 39.9 Å². The van der Waals surface area contributed by atoms with Gasteiger partial charge in [-0.15, -0.1) is 0 Å². The Bertz CT molecular complexity index is 927. The van der Waals surface area contributed by atoms with Crippen molar-refractivity contribution < 1.29 is 32.9 Å². The lowest BCUT2D eigenvalue weighted by Crippen LogP contribution is -2.45. The maximum Gasteiger partial charge on any atom is 0.268 e. The van der Waals surface area contributed by atoms with Crippen LogP contribution in [-0.2, 0) is 18.4 Å². The average molecular weight is 815 g/mol. The first-order chi connectivity index (χ1) is 27.0. The normalized spacial score (nSPS) is 14.3. The molecule has 0 spiro atoms. The molecule has 0 radical (unpaired) electrons. The number of quaternary nitrogens is 1. The molecule has 334 valence electrons. The molecule has 1 amide bonds. The van der Waals surface area contributed by atoms with Crippen LogP contribution in [0, 0.1) is 0 Å². The number of rotatable bonds is 44. The predicted molar refractivity (Wildman–Crippen MR) is 238 cm³/mol. The lowest BCUT2D eigenvalue weighted by atomic mass is 10.0. The third kappa shape index (κ3) is 41.4. The Morgan fingerprint density at radius 1 is 0.607 bits per heavy atom. The van der Waals surface area contributed by atoms with Gasteiger partial charge in [-0.2, -0.15) is 0 Å². The lowest BCUT2D eigenvalue weighted by Gasteiger charge is -2.29. The van der Waals surface area contributed by atoms with Crippen molar-refractivity contribution in [3.05, 3.63) is 12.2 Å². The molecule has 0 aliphatic rings. The topological polar surface area (TPSA) is 108 Å². The molecule has 0 rings (SSSR count). The first kappa shape index (κ1) is 55.2. The summed E-state index contributed by atoms with van der Waals surface area (Å²) in [6.07, 6.45) is 45.4. The summed E-state index contributed by atoms with van der Waals surface area (Å²) in [6, 6.07) is -0.880. The fraction of sp³-hybridized carbons (Fsp3) is 0.936. The second kappa shape index (κ2) is 39.7. The number of nitrogens with zero attached hydrogens (tertiary/aromatic N) is 1. The third-order valence-corrected chi connectivity index (χ3v) is 12.0. The number of nitrogens with one attached hydrogen (secondary N) is 1. The Hall–Kier alpha value is -0.760. The molecule has 9 heteroatoms. The van der Waals surface area contributed by atoms with Crippen molar-refractivity contribution in [2.24, 2.45) is 0 Å². The lowest BCUT2D eigenvalue weighted by molar-refractivity contribution is -0.870. The average Bonchev–Trinajstić information content (AvgIpc) is 3.15. The summed E-state index contributed by atoms with van der Waals surface area (Å²) in [5, 5.41) is 13.8. The summed E-state index contributed by atoms with van der Waals surface area (Å²) < 4.78 is 23.2. The number of allylic oxidation sites excluding steroid dienone is 1. The monoisotopic (exact) mass is 815 g/mol. The van der Waals surface area contributed by atoms with E-state index in [1.165, 1.54) is 173 Å². The van der Waals surface area contributed by atoms with Crippen LogP contribution in [0.1, 0.15) is 232 Å². The SMILES string of the molecule is CCCCCCCCCCCCCCCC/C=C/[C@@H](O)[C@H](COP(=O)([O-])OCC[N+](C)(C)C)NC(=O)CCCCCCCCCCCCCCCCCCCC. The van der Waals surface area contributed by atoms with E-state index in [1.807, 2.05) is 27.2 Å². The van der Waals surface area contributed by atoms with Crippen LogP contribution in [0.3, 0.4) is 0 Å². The fourth-order valence-electron chi connectivity index (χ4n) is 7.15. The standard InChI is InChI=1S/C47H95N2O6P/c1-6-8-10-12-14-16-18-20-22-24-25-27-29-31-33-35-37-39-41-47(51)48-45(44-55-56(52,53)54-43-42-49(3,4)5)46(50)40-38-36-34-32-30-28-26-23-21-19-17-15-13-11-9-7-2/h38,40,45-46,50H,6-37,39,41-44H2,1-5H3,(H-,48,51,52,53)/b40-38+/t45-,46+/m0/s1. The summed E-state index contributed by atoms with van der Waals surface area (Å²) in [5.74, 6) is -0.193. The zero-order chi connectivity index (χ0) is 41.4. The number of carbonyl (C=O) groups excluding carboxylic acids is 1. The van der Waals surface area contributed by atoms with E-state index in [0.717, 1.165) is 38.5 Å². The Kier molecular flexibility index (Phi) is 39.1. The summed E-state index contributed by atoms with van der Waals surface area (Å²) in [4.78, 5) is 25.3. The molecule has 8 nitrogen and oxygen atoms in total. The molecule has 2 N–H and O–H groups in total. The summed E-state index contributed by atoms with van der Waals surface area (Å²) >= 11 is 0. The number of likely N-dealkylation sites (N-methyl/N-ethyl adjacent to an activating group) is 1. The van der Waals surface area contributed by atoms with Crippen molar-refractivity contribution in [1.82, 2.24) is 5.32 Å². The van der Waals surface area contributed by atoms with E-state index in [2.05, 4.69) is 19.2 Å². The van der Waals surface area contributed by atoms with Gasteiger partial charge in [-0.25, -0.2) is 0 Å². The molecule has 0 saturated heterocycles. The molecule has 0 aromatic heterocycles. The molecule has 1 unspecified atom stereocenters. The number of aliphatic hydroxyl groups excluding tert-OH is 1. The molecule has 3 atom stereocenters. The van der Waals surface area contributed by atoms with Gasteiger partial charge in [-0.05, 0) is 19.3 Å². The molecular formula is C47H95N2O6P. The van der Waals surface area contributed by atoms with Crippen molar-refractivity contribution in [2.75, 3.05) is 40.9 Å². The second-order valence-electron chi connectivity index (χ2n) is 17.8. The van der Waals surface area contributed by atoms with Gasteiger partial charge in [0, 0.05) is 6.42 Å². The van der Waals surface area contributed by atoms with E-state index in [4.69, 9.17) is 9.05 Å². The van der Waals surface area contributed by atoms with E-state index in [0.29, 0.717) is 17.4 Å². The van der Waals surface area contributed by atoms with E-state index < -0.39 is 20.0 Å². The largest absolute Gasteiger partial charge is 0.756 e. The van der Waals surface area contributed by atoms with Crippen LogP contribution < -0.4 is 10.2 Å². The quantitative estimate of drug-likeness (QED) is 0.0274. The van der Waals surface area contributed by atoms with Crippen molar-refractivity contribution in [1.29, 1.82) is 0 Å². The Labute approximate surface area is 348 Å². The van der Waals surface area contributed by atoms with E-state index in [9.17, 15) is 19.4 Å². The minimum absolute atomic E-state index is 0.00229. The number of phosphoric ester groups is 1. The van der Waals surface area contributed by atoms with Crippen LogP contribution in [0.15, 0.2) is 12.2 Å². The predicted octanol–water partition coefficient (Wildman–Crippen LogP) is 12.9. The number of hydrogen-bond donors (Lipinski definition) is 2. The van der Waals surface area contributed by atoms with Crippen LogP contribution in [0.2, 0.25) is 0 Å². The van der Waals surface area contributed by atoms with Crippen LogP contribution in [0.5, 0.6) is 0 Å². The number of hydrogen-bond acceptors (Lipinski definition) is 6. The molecule has 0 fully saturated rings. The molecule has 0 aliphatic heterocycles. The number of carbonyl (C=O) groups is 1. The molecule has 0 saturated carbocycles. The molecule has 56 heavy (non-hydrogen) atoms. The highest BCUT2D eigenvalue weighted by Gasteiger charge is 2.23. The summed E-state index contributed by atoms with van der Waals surface area (Å²) in [5.41, 5.74) is 0. The van der Waals surface area contributed by atoms with Gasteiger partial charge >= 0.3 is 0 Å². The van der Waals surface area contributed by atoms with E-state index in [-0.39, 0.29) is 19.1 Å². The minimum Gasteiger partial charge on any atom is -0.756 e. The zero-order valence-electron chi connectivity index (χ0n) is 37.9. The van der Waals surface area contributed by atoms with Crippen molar-refractivity contribution in [3.63, 3.8) is 0 Å². The molecule has 0 bridgehead atoms. The Morgan fingerprint density at radius 3 is 1.34 bits per heavy atom. The molecule has 0 aromatic rings. The smallest absolute Gasteiger partial charge is 0.268 e. The van der Waals surface area contributed by atoms with Crippen molar-refractivity contribution in [2.45, 2.75) is 244 Å². The van der Waals surface area contributed by atoms with Gasteiger partial charge in [-0.3, -0.25) is 9.36 Å². The van der Waals surface area contributed by atoms with Gasteiger partial charge in [0.15, 0.2) is 0 Å². The van der Waals surface area contributed by atoms with Gasteiger partial charge < -0.3 is 28.8 Å². The maximum atomic E-state index is 12.9. The summed E-state index contributed by atoms with van der Waals surface area (Å²) in [7, 11) is 1.27. The number of amides is 1. The summed E-state index contributed by atoms with van der Waals surface area (Å²) in [6.45, 7) is 4.67. The zero-order valence-corrected chi connectivity index (χ0v) is 38.7. The van der Waals surface area contributed by atoms with Crippen molar-refractivity contribution >= 4 is 13.7 Å². The van der Waals surface area contributed by atoms with Crippen LogP contribution in [-0.4, -0.2) is 68.5 Å². The maximum absolute atomic E-state index is 12.9. The second-order valence-corrected chi connectivity index (χ2v) is 19.2.